The lowest BCUT2D eigenvalue weighted by Crippen LogP contribution is -2.51. The summed E-state index contributed by atoms with van der Waals surface area (Å²) in [5, 5.41) is 0. The minimum Gasteiger partial charge on any atom is -0.458 e. The van der Waals surface area contributed by atoms with Gasteiger partial charge in [0.25, 0.3) is 0 Å². The zero-order valence-corrected chi connectivity index (χ0v) is 22.2. The zero-order chi connectivity index (χ0) is 26.4. The van der Waals surface area contributed by atoms with Crippen molar-refractivity contribution in [1.82, 2.24) is 4.90 Å². The Hall–Kier alpha value is -3.13. The number of terminal acetylenes is 1. The Bertz CT molecular complexity index is 1210. The van der Waals surface area contributed by atoms with Gasteiger partial charge in [0.2, 0.25) is 5.91 Å². The Morgan fingerprint density at radius 3 is 2.51 bits per heavy atom. The number of fused-ring (bicyclic) bond motifs is 5. The third-order valence-corrected chi connectivity index (χ3v) is 10.1. The normalized spacial score (nSPS) is 34.3. The topological polar surface area (TPSA) is 63.7 Å². The number of aldehydes is 1. The molecule has 5 heteroatoms. The van der Waals surface area contributed by atoms with Crippen molar-refractivity contribution >= 4 is 18.2 Å². The van der Waals surface area contributed by atoms with E-state index in [-0.39, 0.29) is 35.4 Å². The molecule has 5 nitrogen and oxygen atoms in total. The van der Waals surface area contributed by atoms with E-state index in [0.717, 1.165) is 56.1 Å². The Labute approximate surface area is 220 Å². The summed E-state index contributed by atoms with van der Waals surface area (Å²) in [6.07, 6.45) is 15.2. The largest absolute Gasteiger partial charge is 0.458 e. The molecule has 0 bridgehead atoms. The fraction of sp³-hybridized carbons (Fsp3) is 0.531. The lowest BCUT2D eigenvalue weighted by molar-refractivity contribution is -0.128. The number of carbonyl (C=O) groups is 3. The average Bonchev–Trinajstić information content (AvgIpc) is 3.20. The van der Waals surface area contributed by atoms with E-state index in [9.17, 15) is 14.4 Å². The van der Waals surface area contributed by atoms with Crippen LogP contribution in [0.4, 0.5) is 0 Å². The molecule has 2 fully saturated rings. The van der Waals surface area contributed by atoms with Gasteiger partial charge in [0, 0.05) is 30.0 Å². The summed E-state index contributed by atoms with van der Waals surface area (Å²) < 4.78 is 5.93. The molecular formula is C32H37NO4. The van der Waals surface area contributed by atoms with Gasteiger partial charge in [-0.05, 0) is 73.8 Å². The van der Waals surface area contributed by atoms with Crippen LogP contribution >= 0.6 is 0 Å². The molecule has 0 aliphatic heterocycles. The van der Waals surface area contributed by atoms with Crippen LogP contribution in [0.3, 0.4) is 0 Å². The van der Waals surface area contributed by atoms with Gasteiger partial charge < -0.3 is 9.64 Å². The molecule has 1 aromatic carbocycles. The number of allylic oxidation sites excluding steroid dienone is 3. The van der Waals surface area contributed by atoms with Gasteiger partial charge in [0.05, 0.1) is 12.1 Å². The van der Waals surface area contributed by atoms with E-state index in [0.29, 0.717) is 29.7 Å². The predicted octanol–water partition coefficient (Wildman–Crippen LogP) is 5.72. The molecule has 37 heavy (non-hydrogen) atoms. The maximum absolute atomic E-state index is 12.7. The number of hydrogen-bond donors (Lipinski definition) is 0. The monoisotopic (exact) mass is 499 g/mol. The Kier molecular flexibility index (Phi) is 6.64. The molecule has 0 unspecified atom stereocenters. The maximum Gasteiger partial charge on any atom is 0.338 e. The van der Waals surface area contributed by atoms with Gasteiger partial charge in [-0.25, -0.2) is 4.79 Å². The van der Waals surface area contributed by atoms with E-state index in [1.165, 1.54) is 12.5 Å². The molecule has 0 aromatic heterocycles. The number of rotatable bonds is 5. The van der Waals surface area contributed by atoms with Gasteiger partial charge in [0.1, 0.15) is 12.4 Å². The summed E-state index contributed by atoms with van der Waals surface area (Å²) in [7, 11) is 0. The molecule has 6 atom stereocenters. The zero-order valence-electron chi connectivity index (χ0n) is 22.2. The van der Waals surface area contributed by atoms with Crippen molar-refractivity contribution < 1.29 is 19.1 Å². The second kappa shape index (κ2) is 9.63. The number of nitrogens with zero attached hydrogens (tertiary/aromatic N) is 1. The third kappa shape index (κ3) is 4.15. The van der Waals surface area contributed by atoms with Crippen LogP contribution in [0, 0.1) is 40.9 Å². The summed E-state index contributed by atoms with van der Waals surface area (Å²) in [5.41, 5.74) is 3.48. The molecule has 2 saturated carbocycles. The minimum absolute atomic E-state index is 0.0725. The molecular weight excluding hydrogens is 462 g/mol. The van der Waals surface area contributed by atoms with Crippen LogP contribution in [0.25, 0.3) is 0 Å². The van der Waals surface area contributed by atoms with Crippen LogP contribution in [0.5, 0.6) is 0 Å². The van der Waals surface area contributed by atoms with E-state index in [4.69, 9.17) is 11.2 Å². The van der Waals surface area contributed by atoms with Crippen molar-refractivity contribution in [1.29, 1.82) is 0 Å². The van der Waals surface area contributed by atoms with Crippen molar-refractivity contribution in [3.63, 3.8) is 0 Å². The summed E-state index contributed by atoms with van der Waals surface area (Å²) in [6, 6.07) is 9.21. The Balaban J connectivity index is 1.37. The second-order valence-corrected chi connectivity index (χ2v) is 11.9. The molecule has 1 aromatic rings. The van der Waals surface area contributed by atoms with E-state index in [2.05, 4.69) is 25.8 Å². The Morgan fingerprint density at radius 2 is 1.84 bits per heavy atom. The highest BCUT2D eigenvalue weighted by molar-refractivity contribution is 5.89. The van der Waals surface area contributed by atoms with E-state index in [1.54, 1.807) is 17.0 Å². The van der Waals surface area contributed by atoms with Crippen LogP contribution in [-0.4, -0.2) is 35.7 Å². The van der Waals surface area contributed by atoms with E-state index < -0.39 is 0 Å². The molecule has 4 aliphatic rings. The van der Waals surface area contributed by atoms with Gasteiger partial charge in [-0.3, -0.25) is 9.59 Å². The van der Waals surface area contributed by atoms with Crippen molar-refractivity contribution in [2.24, 2.45) is 28.6 Å². The second-order valence-electron chi connectivity index (χ2n) is 11.9. The highest BCUT2D eigenvalue weighted by Crippen LogP contribution is 2.66. The lowest BCUT2D eigenvalue weighted by atomic mass is 9.47. The van der Waals surface area contributed by atoms with Crippen LogP contribution in [0.1, 0.15) is 76.1 Å². The molecule has 1 amide bonds. The van der Waals surface area contributed by atoms with E-state index >= 15 is 0 Å². The Morgan fingerprint density at radius 1 is 1.11 bits per heavy atom. The van der Waals surface area contributed by atoms with Gasteiger partial charge in [0.15, 0.2) is 0 Å². The van der Waals surface area contributed by atoms with Crippen molar-refractivity contribution in [3.05, 3.63) is 58.8 Å². The lowest BCUT2D eigenvalue weighted by Gasteiger charge is -2.58. The first-order valence-electron chi connectivity index (χ1n) is 13.6. The van der Waals surface area contributed by atoms with Gasteiger partial charge in [-0.2, -0.15) is 0 Å². The number of hydrogen-bond acceptors (Lipinski definition) is 4. The third-order valence-electron chi connectivity index (χ3n) is 10.1. The molecule has 0 N–H and O–H groups in total. The first-order chi connectivity index (χ1) is 17.7. The summed E-state index contributed by atoms with van der Waals surface area (Å²) in [4.78, 5) is 39.1. The fourth-order valence-corrected chi connectivity index (χ4v) is 8.24. The predicted molar refractivity (Wildman–Crippen MR) is 142 cm³/mol. The number of amides is 1. The van der Waals surface area contributed by atoms with Gasteiger partial charge >= 0.3 is 5.97 Å². The highest BCUT2D eigenvalue weighted by Gasteiger charge is 2.59. The van der Waals surface area contributed by atoms with Crippen LogP contribution in [-0.2, 0) is 14.3 Å². The average molecular weight is 500 g/mol. The SMILES string of the molecule is C#CCN(C(C)=O)C1=C(C=O)C[C@H]2[C@@H]3CC=C4C[C@@H](OC(=O)c5ccccc5)CC[C@]4(C)[C@H]3CC[C@]12C. The smallest absolute Gasteiger partial charge is 0.338 e. The highest BCUT2D eigenvalue weighted by atomic mass is 16.5. The quantitative estimate of drug-likeness (QED) is 0.225. The van der Waals surface area contributed by atoms with Crippen molar-refractivity contribution in [2.45, 2.75) is 71.8 Å². The molecule has 0 saturated heterocycles. The first kappa shape index (κ1) is 25.5. The van der Waals surface area contributed by atoms with Gasteiger partial charge in [-0.15, -0.1) is 6.42 Å². The van der Waals surface area contributed by atoms with E-state index in [1.807, 2.05) is 18.2 Å². The van der Waals surface area contributed by atoms with Crippen molar-refractivity contribution in [2.75, 3.05) is 6.54 Å². The fourth-order valence-electron chi connectivity index (χ4n) is 8.24. The minimum atomic E-state index is -0.245. The molecule has 0 heterocycles. The molecule has 4 aliphatic carbocycles. The van der Waals surface area contributed by atoms with Crippen molar-refractivity contribution in [3.8, 4) is 12.3 Å². The molecule has 0 radical (unpaired) electrons. The van der Waals surface area contributed by atoms with Crippen LogP contribution < -0.4 is 0 Å². The molecule has 5 rings (SSSR count). The standard InChI is InChI=1S/C32H37NO4/c1-5-17-33(21(2)35)29-23(20-34)18-28-26-12-11-24-19-25(37-30(36)22-9-7-6-8-10-22)13-15-31(24,3)27(26)14-16-32(28,29)4/h1,6-11,20,25-28H,12-19H2,2-4H3/t25-,26+,27-,28-,31-,32-/m0/s1. The number of esters is 1. The van der Waals surface area contributed by atoms with Crippen LogP contribution in [0.15, 0.2) is 53.3 Å². The first-order valence-corrected chi connectivity index (χ1v) is 13.6. The maximum atomic E-state index is 12.7. The summed E-state index contributed by atoms with van der Waals surface area (Å²) in [6.45, 7) is 6.38. The summed E-state index contributed by atoms with van der Waals surface area (Å²) >= 11 is 0. The van der Waals surface area contributed by atoms with Crippen LogP contribution in [0.2, 0.25) is 0 Å². The van der Waals surface area contributed by atoms with Gasteiger partial charge in [-0.1, -0.05) is 49.6 Å². The summed E-state index contributed by atoms with van der Waals surface area (Å²) in [5.74, 6) is 3.55. The molecule has 0 spiro atoms. The molecule has 194 valence electrons. The number of benzene rings is 1. The number of ether oxygens (including phenoxy) is 1. The number of carbonyl (C=O) groups excluding carboxylic acids is 3.